The van der Waals surface area contributed by atoms with Crippen LogP contribution < -0.4 is 4.90 Å². The molecule has 1 fully saturated rings. The van der Waals surface area contributed by atoms with Crippen LogP contribution in [-0.4, -0.2) is 28.3 Å². The number of halogens is 1. The largest absolute Gasteiger partial charge is 0.427 e. The van der Waals surface area contributed by atoms with Gasteiger partial charge in [0, 0.05) is 30.4 Å². The van der Waals surface area contributed by atoms with Crippen molar-refractivity contribution >= 4 is 28.1 Å². The quantitative estimate of drug-likeness (QED) is 0.668. The smallest absolute Gasteiger partial charge is 0.225 e. The molecule has 0 unspecified atom stereocenters. The summed E-state index contributed by atoms with van der Waals surface area (Å²) in [7, 11) is 0. The first-order chi connectivity index (χ1) is 11.5. The first-order valence-electron chi connectivity index (χ1n) is 8.08. The van der Waals surface area contributed by atoms with E-state index in [0.29, 0.717) is 17.0 Å². The Bertz CT molecular complexity index is 885. The van der Waals surface area contributed by atoms with Gasteiger partial charge in [0.15, 0.2) is 0 Å². The average molecular weight is 343 g/mol. The van der Waals surface area contributed by atoms with Gasteiger partial charge in [0.1, 0.15) is 5.15 Å². The highest BCUT2D eigenvalue weighted by Crippen LogP contribution is 2.41. The molecule has 6 heteroatoms. The number of rotatable bonds is 3. The van der Waals surface area contributed by atoms with E-state index in [9.17, 15) is 0 Å². The Balaban J connectivity index is 1.73. The Morgan fingerprint density at radius 1 is 1.25 bits per heavy atom. The van der Waals surface area contributed by atoms with Gasteiger partial charge in [0.2, 0.25) is 12.3 Å². The number of benzene rings is 1. The number of hydrogen-bond donors (Lipinski definition) is 0. The summed E-state index contributed by atoms with van der Waals surface area (Å²) in [6, 6.07) is 6.34. The number of hydrogen-bond acceptors (Lipinski definition) is 5. The van der Waals surface area contributed by atoms with E-state index in [1.54, 1.807) is 0 Å². The van der Waals surface area contributed by atoms with E-state index in [0.717, 1.165) is 18.5 Å². The van der Waals surface area contributed by atoms with Gasteiger partial charge in [-0.05, 0) is 35.9 Å². The Labute approximate surface area is 145 Å². The Kier molecular flexibility index (Phi) is 3.49. The van der Waals surface area contributed by atoms with Gasteiger partial charge in [-0.1, -0.05) is 31.5 Å². The first-order valence-corrected chi connectivity index (χ1v) is 8.45. The number of nitrogens with zero attached hydrogens (tertiary/aromatic N) is 4. The minimum atomic E-state index is -0.0978. The lowest BCUT2D eigenvalue weighted by molar-refractivity contribution is 0.283. The fraction of sp³-hybridized carbons (Fsp3) is 0.389. The zero-order valence-electron chi connectivity index (χ0n) is 14.0. The predicted octanol–water partition coefficient (Wildman–Crippen LogP) is 4.17. The third-order valence-electron chi connectivity index (χ3n) is 4.80. The van der Waals surface area contributed by atoms with Crippen LogP contribution in [-0.2, 0) is 5.41 Å². The SMILES string of the molecule is CC(C)c1ccc(N2CC(C)(c3nnco3)C2)c2cnc(Cl)cc12. The number of fused-ring (bicyclic) bond motifs is 1. The molecular weight excluding hydrogens is 324 g/mol. The van der Waals surface area contributed by atoms with E-state index < -0.39 is 0 Å². The van der Waals surface area contributed by atoms with E-state index in [1.807, 2.05) is 12.3 Å². The summed E-state index contributed by atoms with van der Waals surface area (Å²) in [6.07, 6.45) is 3.27. The molecule has 2 aromatic heterocycles. The van der Waals surface area contributed by atoms with Crippen molar-refractivity contribution in [2.75, 3.05) is 18.0 Å². The molecular formula is C18H19ClN4O. The zero-order valence-corrected chi connectivity index (χ0v) is 14.7. The van der Waals surface area contributed by atoms with Crippen LogP contribution in [0.1, 0.15) is 38.1 Å². The molecule has 1 aliphatic heterocycles. The molecule has 0 aliphatic carbocycles. The Hall–Kier alpha value is -2.14. The first kappa shape index (κ1) is 15.4. The molecule has 1 aromatic carbocycles. The van der Waals surface area contributed by atoms with E-state index in [2.05, 4.69) is 53.0 Å². The van der Waals surface area contributed by atoms with Gasteiger partial charge in [-0.15, -0.1) is 10.2 Å². The minimum absolute atomic E-state index is 0.0978. The van der Waals surface area contributed by atoms with Crippen molar-refractivity contribution in [2.45, 2.75) is 32.1 Å². The third-order valence-corrected chi connectivity index (χ3v) is 5.00. The molecule has 0 atom stereocenters. The van der Waals surface area contributed by atoms with E-state index >= 15 is 0 Å². The van der Waals surface area contributed by atoms with Gasteiger partial charge in [-0.2, -0.15) is 0 Å². The number of anilines is 1. The molecule has 0 N–H and O–H groups in total. The molecule has 3 aromatic rings. The topological polar surface area (TPSA) is 55.1 Å². The van der Waals surface area contributed by atoms with Crippen molar-refractivity contribution in [3.05, 3.63) is 47.4 Å². The summed E-state index contributed by atoms with van der Waals surface area (Å²) in [6.45, 7) is 8.22. The van der Waals surface area contributed by atoms with Crippen molar-refractivity contribution < 1.29 is 4.42 Å². The van der Waals surface area contributed by atoms with Crippen LogP contribution in [0.15, 0.2) is 35.2 Å². The molecule has 124 valence electrons. The molecule has 0 bridgehead atoms. The van der Waals surface area contributed by atoms with E-state index in [1.165, 1.54) is 23.0 Å². The highest BCUT2D eigenvalue weighted by atomic mass is 35.5. The maximum atomic E-state index is 6.14. The summed E-state index contributed by atoms with van der Waals surface area (Å²) in [5, 5.41) is 10.7. The molecule has 1 aliphatic rings. The second kappa shape index (κ2) is 5.45. The Morgan fingerprint density at radius 2 is 2.04 bits per heavy atom. The summed E-state index contributed by atoms with van der Waals surface area (Å²) < 4.78 is 5.40. The van der Waals surface area contributed by atoms with Crippen LogP contribution in [0.5, 0.6) is 0 Å². The van der Waals surface area contributed by atoms with Gasteiger partial charge in [0.25, 0.3) is 0 Å². The number of pyridine rings is 1. The summed E-state index contributed by atoms with van der Waals surface area (Å²) in [4.78, 5) is 6.62. The van der Waals surface area contributed by atoms with Crippen LogP contribution in [0.25, 0.3) is 10.8 Å². The van der Waals surface area contributed by atoms with Gasteiger partial charge >= 0.3 is 0 Å². The van der Waals surface area contributed by atoms with Crippen molar-refractivity contribution in [3.8, 4) is 0 Å². The molecule has 24 heavy (non-hydrogen) atoms. The van der Waals surface area contributed by atoms with Crippen molar-refractivity contribution in [2.24, 2.45) is 0 Å². The van der Waals surface area contributed by atoms with Crippen LogP contribution in [0.3, 0.4) is 0 Å². The third kappa shape index (κ3) is 2.35. The van der Waals surface area contributed by atoms with Gasteiger partial charge in [-0.3, -0.25) is 0 Å². The lowest BCUT2D eigenvalue weighted by Gasteiger charge is -2.47. The summed E-state index contributed by atoms with van der Waals surface area (Å²) >= 11 is 6.14. The maximum absolute atomic E-state index is 6.14. The monoisotopic (exact) mass is 342 g/mol. The minimum Gasteiger partial charge on any atom is -0.427 e. The zero-order chi connectivity index (χ0) is 16.9. The van der Waals surface area contributed by atoms with Gasteiger partial charge in [0.05, 0.1) is 5.41 Å². The second-order valence-corrected chi connectivity index (χ2v) is 7.43. The van der Waals surface area contributed by atoms with Crippen LogP contribution in [0, 0.1) is 0 Å². The molecule has 4 rings (SSSR count). The molecule has 0 spiro atoms. The highest BCUT2D eigenvalue weighted by molar-refractivity contribution is 6.30. The number of aromatic nitrogens is 3. The maximum Gasteiger partial charge on any atom is 0.225 e. The van der Waals surface area contributed by atoms with Crippen molar-refractivity contribution in [1.82, 2.24) is 15.2 Å². The highest BCUT2D eigenvalue weighted by Gasteiger charge is 2.44. The predicted molar refractivity (Wildman–Crippen MR) is 94.7 cm³/mol. The van der Waals surface area contributed by atoms with Crippen molar-refractivity contribution in [3.63, 3.8) is 0 Å². The summed E-state index contributed by atoms with van der Waals surface area (Å²) in [5.74, 6) is 1.13. The molecule has 1 saturated heterocycles. The Morgan fingerprint density at radius 3 is 2.71 bits per heavy atom. The van der Waals surface area contributed by atoms with Gasteiger partial charge in [-0.25, -0.2) is 4.98 Å². The van der Waals surface area contributed by atoms with Crippen LogP contribution >= 0.6 is 11.6 Å². The van der Waals surface area contributed by atoms with Crippen LogP contribution in [0.2, 0.25) is 5.15 Å². The van der Waals surface area contributed by atoms with Gasteiger partial charge < -0.3 is 9.32 Å². The molecule has 3 heterocycles. The standard InChI is InChI=1S/C18H19ClN4O/c1-11(2)12-4-5-15(14-7-20-16(19)6-13(12)14)23-8-18(3,9-23)17-22-21-10-24-17/h4-7,10-11H,8-9H2,1-3H3. The fourth-order valence-corrected chi connectivity index (χ4v) is 3.70. The lowest BCUT2D eigenvalue weighted by Crippen LogP contribution is -2.58. The lowest BCUT2D eigenvalue weighted by atomic mass is 9.81. The average Bonchev–Trinajstić information content (AvgIpc) is 3.05. The van der Waals surface area contributed by atoms with E-state index in [4.69, 9.17) is 16.0 Å². The molecule has 0 radical (unpaired) electrons. The van der Waals surface area contributed by atoms with E-state index in [-0.39, 0.29) is 5.41 Å². The summed E-state index contributed by atoms with van der Waals surface area (Å²) in [5.41, 5.74) is 2.37. The van der Waals surface area contributed by atoms with Crippen LogP contribution in [0.4, 0.5) is 5.69 Å². The fourth-order valence-electron chi connectivity index (χ4n) is 3.54. The second-order valence-electron chi connectivity index (χ2n) is 7.04. The molecule has 0 amide bonds. The molecule has 0 saturated carbocycles. The normalized spacial score (nSPS) is 16.6. The van der Waals surface area contributed by atoms with Crippen molar-refractivity contribution in [1.29, 1.82) is 0 Å². The molecule has 5 nitrogen and oxygen atoms in total.